The van der Waals surface area contributed by atoms with Crippen molar-refractivity contribution in [1.82, 2.24) is 9.88 Å². The molecular formula is C22H29N3O4S. The zero-order chi connectivity index (χ0) is 21.7. The smallest absolute Gasteiger partial charge is 0.411 e. The van der Waals surface area contributed by atoms with Gasteiger partial charge in [-0.3, -0.25) is 5.32 Å². The van der Waals surface area contributed by atoms with Crippen molar-refractivity contribution >= 4 is 29.2 Å². The highest BCUT2D eigenvalue weighted by Gasteiger charge is 2.27. The first kappa shape index (κ1) is 22.1. The van der Waals surface area contributed by atoms with Crippen molar-refractivity contribution in [2.24, 2.45) is 5.92 Å². The molecule has 162 valence electrons. The molecule has 0 spiro atoms. The van der Waals surface area contributed by atoms with Gasteiger partial charge in [0.05, 0.1) is 12.3 Å². The Morgan fingerprint density at radius 2 is 1.93 bits per heavy atom. The summed E-state index contributed by atoms with van der Waals surface area (Å²) in [4.78, 5) is 31.7. The number of nitrogens with zero attached hydrogens (tertiary/aromatic N) is 2. The van der Waals surface area contributed by atoms with Gasteiger partial charge in [0.15, 0.2) is 0 Å². The number of amides is 2. The number of aromatic nitrogens is 1. The Labute approximate surface area is 181 Å². The first-order valence-corrected chi connectivity index (χ1v) is 11.0. The number of ether oxygens (including phenoxy) is 2. The second-order valence-corrected chi connectivity index (χ2v) is 9.69. The molecule has 0 radical (unpaired) electrons. The van der Waals surface area contributed by atoms with Crippen molar-refractivity contribution in [3.8, 4) is 10.6 Å². The second-order valence-electron chi connectivity index (χ2n) is 8.46. The molecule has 3 rings (SSSR count). The summed E-state index contributed by atoms with van der Waals surface area (Å²) in [7, 11) is 0. The number of para-hydroxylation sites is 1. The van der Waals surface area contributed by atoms with Crippen LogP contribution >= 0.6 is 11.3 Å². The molecule has 7 nitrogen and oxygen atoms in total. The molecule has 2 aromatic rings. The molecule has 1 fully saturated rings. The van der Waals surface area contributed by atoms with Crippen molar-refractivity contribution in [3.05, 3.63) is 35.3 Å². The van der Waals surface area contributed by atoms with Crippen LogP contribution in [0.2, 0.25) is 0 Å². The average molecular weight is 432 g/mol. The number of hydrogen-bond acceptors (Lipinski definition) is 6. The minimum atomic E-state index is -0.497. The van der Waals surface area contributed by atoms with Gasteiger partial charge >= 0.3 is 12.2 Å². The van der Waals surface area contributed by atoms with E-state index < -0.39 is 11.7 Å². The molecule has 1 aromatic heterocycles. The Morgan fingerprint density at radius 3 is 2.57 bits per heavy atom. The van der Waals surface area contributed by atoms with Crippen molar-refractivity contribution in [2.75, 3.05) is 25.0 Å². The average Bonchev–Trinajstić information content (AvgIpc) is 3.12. The normalized spacial score (nSPS) is 15.0. The van der Waals surface area contributed by atoms with E-state index in [9.17, 15) is 9.59 Å². The SMILES string of the molecule is Cc1cnc(-c2ccccc2NC(=O)OCC2CCN(C(=O)OC(C)(C)C)CC2)s1. The first-order valence-electron chi connectivity index (χ1n) is 10.1. The lowest BCUT2D eigenvalue weighted by atomic mass is 9.98. The van der Waals surface area contributed by atoms with Gasteiger partial charge in [0.1, 0.15) is 10.6 Å². The van der Waals surface area contributed by atoms with Crippen LogP contribution in [0.5, 0.6) is 0 Å². The molecule has 1 saturated heterocycles. The van der Waals surface area contributed by atoms with Crippen molar-refractivity contribution in [1.29, 1.82) is 0 Å². The van der Waals surface area contributed by atoms with Gasteiger partial charge in [0.25, 0.3) is 0 Å². The molecule has 2 amide bonds. The summed E-state index contributed by atoms with van der Waals surface area (Å²) in [5.41, 5.74) is 1.05. The standard InChI is InChI=1S/C22H29N3O4S/c1-15-13-23-19(30-15)17-7-5-6-8-18(17)24-20(26)28-14-16-9-11-25(12-10-16)21(27)29-22(2,3)4/h5-8,13,16H,9-12,14H2,1-4H3,(H,24,26). The van der Waals surface area contributed by atoms with E-state index >= 15 is 0 Å². The van der Waals surface area contributed by atoms with E-state index in [1.165, 1.54) is 0 Å². The van der Waals surface area contributed by atoms with Crippen molar-refractivity contribution in [3.63, 3.8) is 0 Å². The Morgan fingerprint density at radius 1 is 1.23 bits per heavy atom. The third-order valence-electron chi connectivity index (χ3n) is 4.73. The topological polar surface area (TPSA) is 80.8 Å². The number of carbonyl (C=O) groups excluding carboxylic acids is 2. The summed E-state index contributed by atoms with van der Waals surface area (Å²) in [5, 5.41) is 3.69. The predicted octanol–water partition coefficient (Wildman–Crippen LogP) is 5.31. The number of rotatable bonds is 4. The fraction of sp³-hybridized carbons (Fsp3) is 0.500. The molecule has 1 aromatic carbocycles. The summed E-state index contributed by atoms with van der Waals surface area (Å²) < 4.78 is 10.9. The summed E-state index contributed by atoms with van der Waals surface area (Å²) in [6.07, 6.45) is 2.61. The fourth-order valence-electron chi connectivity index (χ4n) is 3.21. The van der Waals surface area contributed by atoms with Gasteiger partial charge in [0, 0.05) is 29.7 Å². The first-order chi connectivity index (χ1) is 14.2. The third-order valence-corrected chi connectivity index (χ3v) is 5.68. The number of piperidine rings is 1. The van der Waals surface area contributed by atoms with Gasteiger partial charge in [-0.1, -0.05) is 12.1 Å². The molecule has 0 bridgehead atoms. The maximum atomic E-state index is 12.3. The van der Waals surface area contributed by atoms with Gasteiger partial charge in [-0.25, -0.2) is 14.6 Å². The van der Waals surface area contributed by atoms with Crippen LogP contribution < -0.4 is 5.32 Å². The number of nitrogens with one attached hydrogen (secondary N) is 1. The maximum Gasteiger partial charge on any atom is 0.411 e. The van der Waals surface area contributed by atoms with Gasteiger partial charge < -0.3 is 14.4 Å². The zero-order valence-corrected chi connectivity index (χ0v) is 18.8. The Hall–Kier alpha value is -2.61. The molecule has 30 heavy (non-hydrogen) atoms. The van der Waals surface area contributed by atoms with Crippen LogP contribution in [0.4, 0.5) is 15.3 Å². The quantitative estimate of drug-likeness (QED) is 0.709. The molecule has 0 unspecified atom stereocenters. The monoisotopic (exact) mass is 431 g/mol. The lowest BCUT2D eigenvalue weighted by Gasteiger charge is -2.33. The number of hydrogen-bond donors (Lipinski definition) is 1. The van der Waals surface area contributed by atoms with Crippen molar-refractivity contribution in [2.45, 2.75) is 46.1 Å². The molecule has 0 saturated carbocycles. The Balaban J connectivity index is 1.47. The molecule has 8 heteroatoms. The zero-order valence-electron chi connectivity index (χ0n) is 17.9. The summed E-state index contributed by atoms with van der Waals surface area (Å²) in [6, 6.07) is 7.56. The van der Waals surface area contributed by atoms with E-state index in [-0.39, 0.29) is 12.0 Å². The fourth-order valence-corrected chi connectivity index (χ4v) is 4.01. The van der Waals surface area contributed by atoms with Crippen LogP contribution in [-0.4, -0.2) is 47.4 Å². The van der Waals surface area contributed by atoms with E-state index in [0.717, 1.165) is 28.3 Å². The minimum Gasteiger partial charge on any atom is -0.449 e. The van der Waals surface area contributed by atoms with Crippen LogP contribution in [-0.2, 0) is 9.47 Å². The van der Waals surface area contributed by atoms with Crippen LogP contribution in [0.1, 0.15) is 38.5 Å². The summed E-state index contributed by atoms with van der Waals surface area (Å²) in [5.74, 6) is 0.228. The van der Waals surface area contributed by atoms with E-state index in [0.29, 0.717) is 25.4 Å². The van der Waals surface area contributed by atoms with E-state index in [2.05, 4.69) is 10.3 Å². The molecule has 0 aliphatic carbocycles. The summed E-state index contributed by atoms with van der Waals surface area (Å²) >= 11 is 1.58. The van der Waals surface area contributed by atoms with Crippen molar-refractivity contribution < 1.29 is 19.1 Å². The van der Waals surface area contributed by atoms with Crippen LogP contribution in [0, 0.1) is 12.8 Å². The van der Waals surface area contributed by atoms with Crippen LogP contribution in [0.25, 0.3) is 10.6 Å². The van der Waals surface area contributed by atoms with Gasteiger partial charge in [0.2, 0.25) is 0 Å². The highest BCUT2D eigenvalue weighted by atomic mass is 32.1. The molecule has 1 N–H and O–H groups in total. The van der Waals surface area contributed by atoms with E-state index in [1.807, 2.05) is 58.2 Å². The highest BCUT2D eigenvalue weighted by molar-refractivity contribution is 7.15. The number of likely N-dealkylation sites (tertiary alicyclic amines) is 1. The number of carbonyl (C=O) groups is 2. The van der Waals surface area contributed by atoms with Crippen LogP contribution in [0.15, 0.2) is 30.5 Å². The number of benzene rings is 1. The predicted molar refractivity (Wildman–Crippen MR) is 118 cm³/mol. The maximum absolute atomic E-state index is 12.3. The number of aryl methyl sites for hydroxylation is 1. The molecular weight excluding hydrogens is 402 g/mol. The highest BCUT2D eigenvalue weighted by Crippen LogP contribution is 2.31. The largest absolute Gasteiger partial charge is 0.449 e. The molecule has 2 heterocycles. The Bertz CT molecular complexity index is 883. The summed E-state index contributed by atoms with van der Waals surface area (Å²) in [6.45, 7) is 9.12. The van der Waals surface area contributed by atoms with E-state index in [4.69, 9.17) is 9.47 Å². The van der Waals surface area contributed by atoms with Crippen LogP contribution in [0.3, 0.4) is 0 Å². The lowest BCUT2D eigenvalue weighted by Crippen LogP contribution is -2.42. The molecule has 1 aliphatic heterocycles. The van der Waals surface area contributed by atoms with Gasteiger partial charge in [-0.15, -0.1) is 11.3 Å². The minimum absolute atomic E-state index is 0.228. The third kappa shape index (κ3) is 6.19. The molecule has 0 atom stereocenters. The molecule has 1 aliphatic rings. The van der Waals surface area contributed by atoms with Gasteiger partial charge in [-0.2, -0.15) is 0 Å². The number of thiazole rings is 1. The second kappa shape index (κ2) is 9.47. The number of anilines is 1. The lowest BCUT2D eigenvalue weighted by molar-refractivity contribution is 0.0153. The Kier molecular flexibility index (Phi) is 6.97. The van der Waals surface area contributed by atoms with Gasteiger partial charge in [-0.05, 0) is 58.6 Å². The van der Waals surface area contributed by atoms with E-state index in [1.54, 1.807) is 16.2 Å².